The maximum absolute atomic E-state index is 6.03. The van der Waals surface area contributed by atoms with Gasteiger partial charge >= 0.3 is 0 Å². The van der Waals surface area contributed by atoms with E-state index in [9.17, 15) is 0 Å². The molecular formula is C7H7Cl2NS2. The fraction of sp³-hybridized carbons (Fsp3) is 0.286. The first-order chi connectivity index (χ1) is 5.70. The van der Waals surface area contributed by atoms with Gasteiger partial charge in [0.1, 0.15) is 5.03 Å². The van der Waals surface area contributed by atoms with Crippen molar-refractivity contribution in [3.05, 3.63) is 16.2 Å². The van der Waals surface area contributed by atoms with Crippen LogP contribution in [0.5, 0.6) is 0 Å². The summed E-state index contributed by atoms with van der Waals surface area (Å²) in [6, 6.07) is 0. The van der Waals surface area contributed by atoms with Crippen LogP contribution in [0.25, 0.3) is 0 Å². The van der Waals surface area contributed by atoms with Gasteiger partial charge in [0.2, 0.25) is 0 Å². The molecule has 5 heteroatoms. The van der Waals surface area contributed by atoms with Crippen molar-refractivity contribution in [2.75, 3.05) is 12.5 Å². The Morgan fingerprint density at radius 3 is 2.42 bits per heavy atom. The van der Waals surface area contributed by atoms with E-state index in [2.05, 4.69) is 4.98 Å². The molecule has 0 aliphatic heterocycles. The normalized spacial score (nSPS) is 10.3. The predicted molar refractivity (Wildman–Crippen MR) is 57.8 cm³/mol. The third-order valence-corrected chi connectivity index (χ3v) is 3.82. The summed E-state index contributed by atoms with van der Waals surface area (Å²) in [4.78, 5) is 4.99. The molecule has 1 aromatic rings. The Labute approximate surface area is 90.2 Å². The van der Waals surface area contributed by atoms with Crippen molar-refractivity contribution in [3.63, 3.8) is 0 Å². The second-order valence-corrected chi connectivity index (χ2v) is 4.36. The Kier molecular flexibility index (Phi) is 4.03. The van der Waals surface area contributed by atoms with Gasteiger partial charge in [-0.3, -0.25) is 0 Å². The summed E-state index contributed by atoms with van der Waals surface area (Å²) in [6.07, 6.45) is 5.51. The second kappa shape index (κ2) is 4.61. The van der Waals surface area contributed by atoms with Crippen LogP contribution in [-0.2, 0) is 0 Å². The number of halogens is 2. The molecule has 0 aliphatic carbocycles. The molecule has 0 bridgehead atoms. The summed E-state index contributed by atoms with van der Waals surface area (Å²) in [7, 11) is 0. The van der Waals surface area contributed by atoms with Crippen molar-refractivity contribution in [2.24, 2.45) is 0 Å². The smallest absolute Gasteiger partial charge is 0.116 e. The van der Waals surface area contributed by atoms with E-state index >= 15 is 0 Å². The molecule has 66 valence electrons. The first kappa shape index (κ1) is 10.5. The lowest BCUT2D eigenvalue weighted by atomic mass is 10.5. The molecule has 0 spiro atoms. The second-order valence-electron chi connectivity index (χ2n) is 1.96. The van der Waals surface area contributed by atoms with E-state index in [1.165, 1.54) is 23.5 Å². The SMILES string of the molecule is CSc1ncc(Cl)c(SC)c1Cl. The van der Waals surface area contributed by atoms with E-state index in [0.29, 0.717) is 10.0 Å². The average Bonchev–Trinajstić information content (AvgIpc) is 2.06. The summed E-state index contributed by atoms with van der Waals surface area (Å²) in [5.74, 6) is 0. The lowest BCUT2D eigenvalue weighted by molar-refractivity contribution is 1.10. The molecule has 0 saturated heterocycles. The molecule has 0 N–H and O–H groups in total. The predicted octanol–water partition coefficient (Wildman–Crippen LogP) is 3.83. The van der Waals surface area contributed by atoms with Crippen LogP contribution in [0.3, 0.4) is 0 Å². The fourth-order valence-corrected chi connectivity index (χ4v) is 2.83. The molecule has 1 aromatic heterocycles. The Hall–Kier alpha value is 0.430. The summed E-state index contributed by atoms with van der Waals surface area (Å²) in [6.45, 7) is 0. The van der Waals surface area contributed by atoms with E-state index in [-0.39, 0.29) is 0 Å². The molecule has 0 amide bonds. The molecule has 0 saturated carbocycles. The van der Waals surface area contributed by atoms with Crippen molar-refractivity contribution in [1.29, 1.82) is 0 Å². The van der Waals surface area contributed by atoms with Crippen LogP contribution in [0.1, 0.15) is 0 Å². The minimum atomic E-state index is 0.616. The lowest BCUT2D eigenvalue weighted by Crippen LogP contribution is -1.84. The van der Waals surface area contributed by atoms with Crippen molar-refractivity contribution in [2.45, 2.75) is 9.92 Å². The van der Waals surface area contributed by atoms with Gasteiger partial charge in [-0.25, -0.2) is 4.98 Å². The summed E-state index contributed by atoms with van der Waals surface area (Å²) >= 11 is 15.0. The highest BCUT2D eigenvalue weighted by Crippen LogP contribution is 2.36. The van der Waals surface area contributed by atoms with Crippen molar-refractivity contribution < 1.29 is 0 Å². The molecule has 1 heterocycles. The van der Waals surface area contributed by atoms with E-state index in [4.69, 9.17) is 23.2 Å². The minimum absolute atomic E-state index is 0.616. The highest BCUT2D eigenvalue weighted by molar-refractivity contribution is 7.99. The number of hydrogen-bond acceptors (Lipinski definition) is 3. The average molecular weight is 240 g/mol. The molecule has 0 unspecified atom stereocenters. The number of hydrogen-bond donors (Lipinski definition) is 0. The first-order valence-electron chi connectivity index (χ1n) is 3.12. The van der Waals surface area contributed by atoms with Gasteiger partial charge in [0, 0.05) is 11.1 Å². The number of aromatic nitrogens is 1. The van der Waals surface area contributed by atoms with Gasteiger partial charge in [-0.1, -0.05) is 23.2 Å². The Morgan fingerprint density at radius 2 is 1.92 bits per heavy atom. The van der Waals surface area contributed by atoms with Crippen molar-refractivity contribution in [3.8, 4) is 0 Å². The summed E-state index contributed by atoms with van der Waals surface area (Å²) < 4.78 is 0. The van der Waals surface area contributed by atoms with Crippen LogP contribution >= 0.6 is 46.7 Å². The monoisotopic (exact) mass is 239 g/mol. The lowest BCUT2D eigenvalue weighted by Gasteiger charge is -2.05. The standard InChI is InChI=1S/C7H7Cl2NS2/c1-11-6-4(8)3-10-7(12-2)5(6)9/h3H,1-2H3. The van der Waals surface area contributed by atoms with Gasteiger partial charge in [0.25, 0.3) is 0 Å². The van der Waals surface area contributed by atoms with Gasteiger partial charge < -0.3 is 0 Å². The van der Waals surface area contributed by atoms with Crippen LogP contribution in [-0.4, -0.2) is 17.5 Å². The van der Waals surface area contributed by atoms with Gasteiger partial charge in [-0.2, -0.15) is 0 Å². The number of thioether (sulfide) groups is 2. The van der Waals surface area contributed by atoms with Crippen molar-refractivity contribution in [1.82, 2.24) is 4.98 Å². The molecule has 12 heavy (non-hydrogen) atoms. The van der Waals surface area contributed by atoms with Crippen molar-refractivity contribution >= 4 is 46.7 Å². The highest BCUT2D eigenvalue weighted by atomic mass is 35.5. The van der Waals surface area contributed by atoms with Crippen LogP contribution in [0, 0.1) is 0 Å². The quantitative estimate of drug-likeness (QED) is 0.729. The topological polar surface area (TPSA) is 12.9 Å². The molecule has 0 fully saturated rings. The zero-order valence-electron chi connectivity index (χ0n) is 6.60. The third kappa shape index (κ3) is 2.02. The van der Waals surface area contributed by atoms with Crippen LogP contribution in [0.4, 0.5) is 0 Å². The number of nitrogens with zero attached hydrogens (tertiary/aromatic N) is 1. The Bertz CT molecular complexity index is 291. The zero-order valence-corrected chi connectivity index (χ0v) is 9.74. The number of rotatable bonds is 2. The minimum Gasteiger partial charge on any atom is -0.247 e. The molecular weight excluding hydrogens is 233 g/mol. The number of pyridine rings is 1. The Morgan fingerprint density at radius 1 is 1.25 bits per heavy atom. The zero-order chi connectivity index (χ0) is 9.14. The van der Waals surface area contributed by atoms with E-state index < -0.39 is 0 Å². The molecule has 0 aliphatic rings. The first-order valence-corrected chi connectivity index (χ1v) is 6.33. The molecule has 1 nitrogen and oxygen atoms in total. The third-order valence-electron chi connectivity index (χ3n) is 1.30. The maximum atomic E-state index is 6.03. The van der Waals surface area contributed by atoms with E-state index in [1.54, 1.807) is 6.20 Å². The summed E-state index contributed by atoms with van der Waals surface area (Å²) in [5, 5.41) is 2.10. The molecule has 0 aromatic carbocycles. The van der Waals surface area contributed by atoms with Gasteiger partial charge in [0.05, 0.1) is 10.0 Å². The molecule has 0 radical (unpaired) electrons. The van der Waals surface area contributed by atoms with Crippen LogP contribution in [0.2, 0.25) is 10.0 Å². The van der Waals surface area contributed by atoms with Gasteiger partial charge in [0.15, 0.2) is 0 Å². The maximum Gasteiger partial charge on any atom is 0.116 e. The van der Waals surface area contributed by atoms with E-state index in [0.717, 1.165) is 9.92 Å². The van der Waals surface area contributed by atoms with Gasteiger partial charge in [-0.05, 0) is 12.5 Å². The molecule has 1 rings (SSSR count). The largest absolute Gasteiger partial charge is 0.247 e. The highest BCUT2D eigenvalue weighted by Gasteiger charge is 2.09. The fourth-order valence-electron chi connectivity index (χ4n) is 0.762. The van der Waals surface area contributed by atoms with Crippen LogP contribution < -0.4 is 0 Å². The van der Waals surface area contributed by atoms with E-state index in [1.807, 2.05) is 12.5 Å². The Balaban J connectivity index is 3.24. The molecule has 0 atom stereocenters. The van der Waals surface area contributed by atoms with Gasteiger partial charge in [-0.15, -0.1) is 23.5 Å². The summed E-state index contributed by atoms with van der Waals surface area (Å²) in [5.41, 5.74) is 0. The van der Waals surface area contributed by atoms with Crippen LogP contribution in [0.15, 0.2) is 16.1 Å².